The molecule has 1 aromatic rings. The Morgan fingerprint density at radius 1 is 1.57 bits per heavy atom. The Bertz CT molecular complexity index is 320. The number of aromatic nitrogens is 2. The van der Waals surface area contributed by atoms with Crippen LogP contribution in [0.1, 0.15) is 24.2 Å². The highest BCUT2D eigenvalue weighted by Crippen LogP contribution is 2.27. The van der Waals surface area contributed by atoms with Gasteiger partial charge in [0, 0.05) is 0 Å². The van der Waals surface area contributed by atoms with Gasteiger partial charge in [0.25, 0.3) is 5.82 Å². The Labute approximate surface area is 77.6 Å². The number of rotatable bonds is 3. The SMILES string of the molecule is C=CCC(N)c1nc(C(F)(F)F)no1. The summed E-state index contributed by atoms with van der Waals surface area (Å²) < 4.78 is 40.4. The summed E-state index contributed by atoms with van der Waals surface area (Å²) in [6.07, 6.45) is -2.86. The summed E-state index contributed by atoms with van der Waals surface area (Å²) in [5, 5.41) is 2.77. The van der Waals surface area contributed by atoms with Gasteiger partial charge in [-0.3, -0.25) is 0 Å². The molecule has 0 saturated carbocycles. The zero-order chi connectivity index (χ0) is 10.8. The highest BCUT2D eigenvalue weighted by molar-refractivity contribution is 4.96. The van der Waals surface area contributed by atoms with E-state index in [-0.39, 0.29) is 12.3 Å². The first kappa shape index (κ1) is 10.7. The maximum Gasteiger partial charge on any atom is 0.455 e. The van der Waals surface area contributed by atoms with Crippen LogP contribution in [0.4, 0.5) is 13.2 Å². The van der Waals surface area contributed by atoms with Crippen molar-refractivity contribution in [2.24, 2.45) is 5.73 Å². The van der Waals surface area contributed by atoms with Gasteiger partial charge in [-0.25, -0.2) is 0 Å². The molecule has 14 heavy (non-hydrogen) atoms. The van der Waals surface area contributed by atoms with E-state index in [9.17, 15) is 13.2 Å². The maximum atomic E-state index is 12.0. The van der Waals surface area contributed by atoms with E-state index in [0.717, 1.165) is 0 Å². The molecule has 0 aliphatic carbocycles. The first-order valence-electron chi connectivity index (χ1n) is 3.72. The summed E-state index contributed by atoms with van der Waals surface area (Å²) >= 11 is 0. The van der Waals surface area contributed by atoms with Crippen molar-refractivity contribution in [3.63, 3.8) is 0 Å². The van der Waals surface area contributed by atoms with Gasteiger partial charge in [-0.05, 0) is 6.42 Å². The van der Waals surface area contributed by atoms with Gasteiger partial charge in [-0.2, -0.15) is 18.2 Å². The second-order valence-electron chi connectivity index (χ2n) is 2.58. The molecule has 1 rings (SSSR count). The van der Waals surface area contributed by atoms with E-state index in [1.54, 1.807) is 0 Å². The number of nitrogens with zero attached hydrogens (tertiary/aromatic N) is 2. The zero-order valence-electron chi connectivity index (χ0n) is 7.08. The van der Waals surface area contributed by atoms with E-state index in [1.807, 2.05) is 0 Å². The van der Waals surface area contributed by atoms with Crippen LogP contribution < -0.4 is 5.73 Å². The van der Waals surface area contributed by atoms with Crippen LogP contribution in [0.2, 0.25) is 0 Å². The van der Waals surface area contributed by atoms with Crippen molar-refractivity contribution < 1.29 is 17.7 Å². The molecule has 0 saturated heterocycles. The molecule has 0 bridgehead atoms. The summed E-state index contributed by atoms with van der Waals surface area (Å²) in [7, 11) is 0. The van der Waals surface area contributed by atoms with Crippen LogP contribution in [0.25, 0.3) is 0 Å². The van der Waals surface area contributed by atoms with Crippen LogP contribution in [0.5, 0.6) is 0 Å². The van der Waals surface area contributed by atoms with Gasteiger partial charge in [-0.1, -0.05) is 11.2 Å². The van der Waals surface area contributed by atoms with Crippen LogP contribution in [-0.4, -0.2) is 10.1 Å². The monoisotopic (exact) mass is 207 g/mol. The Kier molecular flexibility index (Phi) is 2.90. The summed E-state index contributed by atoms with van der Waals surface area (Å²) in [4.78, 5) is 3.12. The third-order valence-corrected chi connectivity index (χ3v) is 1.43. The Balaban J connectivity index is 2.82. The minimum Gasteiger partial charge on any atom is -0.337 e. The summed E-state index contributed by atoms with van der Waals surface area (Å²) in [6, 6.07) is -0.740. The zero-order valence-corrected chi connectivity index (χ0v) is 7.08. The molecule has 0 aliphatic heterocycles. The quantitative estimate of drug-likeness (QED) is 0.765. The van der Waals surface area contributed by atoms with Crippen LogP contribution in [0, 0.1) is 0 Å². The largest absolute Gasteiger partial charge is 0.455 e. The number of alkyl halides is 3. The van der Waals surface area contributed by atoms with Gasteiger partial charge in [0.1, 0.15) is 0 Å². The first-order valence-corrected chi connectivity index (χ1v) is 3.72. The van der Waals surface area contributed by atoms with E-state index in [2.05, 4.69) is 21.2 Å². The summed E-state index contributed by atoms with van der Waals surface area (Å²) in [6.45, 7) is 3.39. The van der Waals surface area contributed by atoms with Crippen LogP contribution in [0.15, 0.2) is 17.2 Å². The molecule has 0 spiro atoms. The molecule has 0 aromatic carbocycles. The fraction of sp³-hybridized carbons (Fsp3) is 0.429. The van der Waals surface area contributed by atoms with Gasteiger partial charge in [0.05, 0.1) is 6.04 Å². The molecule has 0 amide bonds. The predicted octanol–water partition coefficient (Wildman–Crippen LogP) is 1.66. The molecule has 0 aliphatic rings. The highest BCUT2D eigenvalue weighted by Gasteiger charge is 2.37. The van der Waals surface area contributed by atoms with Gasteiger partial charge >= 0.3 is 6.18 Å². The predicted molar refractivity (Wildman–Crippen MR) is 41.0 cm³/mol. The molecule has 2 N–H and O–H groups in total. The normalized spacial score (nSPS) is 14.0. The lowest BCUT2D eigenvalue weighted by Crippen LogP contribution is -2.11. The fourth-order valence-corrected chi connectivity index (χ4v) is 0.781. The van der Waals surface area contributed by atoms with Crippen LogP contribution in [-0.2, 0) is 6.18 Å². The molecule has 78 valence electrons. The van der Waals surface area contributed by atoms with Gasteiger partial charge in [-0.15, -0.1) is 6.58 Å². The minimum atomic E-state index is -4.60. The summed E-state index contributed by atoms with van der Waals surface area (Å²) in [5.74, 6) is -1.55. The Morgan fingerprint density at radius 2 is 2.21 bits per heavy atom. The maximum absolute atomic E-state index is 12.0. The van der Waals surface area contributed by atoms with E-state index in [1.165, 1.54) is 6.08 Å². The average molecular weight is 207 g/mol. The van der Waals surface area contributed by atoms with Crippen molar-refractivity contribution in [2.45, 2.75) is 18.6 Å². The van der Waals surface area contributed by atoms with Crippen molar-refractivity contribution in [3.8, 4) is 0 Å². The third-order valence-electron chi connectivity index (χ3n) is 1.43. The van der Waals surface area contributed by atoms with Crippen molar-refractivity contribution in [1.29, 1.82) is 0 Å². The average Bonchev–Trinajstić information content (AvgIpc) is 2.51. The summed E-state index contributed by atoms with van der Waals surface area (Å²) in [5.41, 5.74) is 5.43. The first-order chi connectivity index (χ1) is 6.45. The number of hydrogen-bond acceptors (Lipinski definition) is 4. The molecule has 1 heterocycles. The molecule has 4 nitrogen and oxygen atoms in total. The number of hydrogen-bond donors (Lipinski definition) is 1. The van der Waals surface area contributed by atoms with Crippen LogP contribution in [0.3, 0.4) is 0 Å². The van der Waals surface area contributed by atoms with Gasteiger partial charge in [0.15, 0.2) is 0 Å². The molecule has 0 fully saturated rings. The van der Waals surface area contributed by atoms with E-state index in [0.29, 0.717) is 0 Å². The molecule has 7 heteroatoms. The lowest BCUT2D eigenvalue weighted by atomic mass is 10.2. The lowest BCUT2D eigenvalue weighted by molar-refractivity contribution is -0.146. The number of halogens is 3. The molecule has 1 aromatic heterocycles. The second-order valence-corrected chi connectivity index (χ2v) is 2.58. The molecule has 1 atom stereocenters. The minimum absolute atomic E-state index is 0.239. The van der Waals surface area contributed by atoms with Gasteiger partial charge in [0.2, 0.25) is 5.89 Å². The molecular weight excluding hydrogens is 199 g/mol. The second kappa shape index (κ2) is 3.79. The smallest absolute Gasteiger partial charge is 0.337 e. The third kappa shape index (κ3) is 2.32. The standard InChI is InChI=1S/C7H8F3N3O/c1-2-3-4(11)5-12-6(13-14-5)7(8,9)10/h2,4H,1,3,11H2. The molecule has 1 unspecified atom stereocenters. The molecular formula is C7H8F3N3O. The lowest BCUT2D eigenvalue weighted by Gasteiger charge is -2.00. The van der Waals surface area contributed by atoms with E-state index in [4.69, 9.17) is 5.73 Å². The number of nitrogens with two attached hydrogens (primary N) is 1. The van der Waals surface area contributed by atoms with Crippen molar-refractivity contribution in [3.05, 3.63) is 24.4 Å². The van der Waals surface area contributed by atoms with Gasteiger partial charge < -0.3 is 10.3 Å². The fourth-order valence-electron chi connectivity index (χ4n) is 0.781. The topological polar surface area (TPSA) is 64.9 Å². The Hall–Kier alpha value is -1.37. The van der Waals surface area contributed by atoms with E-state index < -0.39 is 18.0 Å². The highest BCUT2D eigenvalue weighted by atomic mass is 19.4. The van der Waals surface area contributed by atoms with E-state index >= 15 is 0 Å². The van der Waals surface area contributed by atoms with Crippen molar-refractivity contribution in [2.75, 3.05) is 0 Å². The van der Waals surface area contributed by atoms with Crippen molar-refractivity contribution in [1.82, 2.24) is 10.1 Å². The van der Waals surface area contributed by atoms with Crippen LogP contribution >= 0.6 is 0 Å². The van der Waals surface area contributed by atoms with Crippen molar-refractivity contribution >= 4 is 0 Å². The molecule has 0 radical (unpaired) electrons. The Morgan fingerprint density at radius 3 is 2.64 bits per heavy atom.